The summed E-state index contributed by atoms with van der Waals surface area (Å²) in [5.41, 5.74) is 3.34. The van der Waals surface area contributed by atoms with Crippen LogP contribution in [-0.4, -0.2) is 59.3 Å². The Balaban J connectivity index is 1.60. The molecule has 2 N–H and O–H groups in total. The number of hydrogen-bond donors (Lipinski definition) is 2. The zero-order chi connectivity index (χ0) is 19.3. The number of nitrogens with one attached hydrogen (secondary N) is 2. The van der Waals surface area contributed by atoms with Gasteiger partial charge in [-0.25, -0.2) is 4.98 Å². The minimum atomic E-state index is 0.628. The van der Waals surface area contributed by atoms with Gasteiger partial charge in [0.25, 0.3) is 0 Å². The second kappa shape index (κ2) is 8.58. The molecule has 3 aromatic rings. The number of nitrogens with zero attached hydrogens (tertiary/aromatic N) is 4. The SMILES string of the molecule is CCCNc1nc(NC)nc2cc(-n3ccc(CN4CCOCC4)c3)ccc12. The van der Waals surface area contributed by atoms with Crippen molar-refractivity contribution >= 4 is 22.7 Å². The number of rotatable bonds is 7. The number of morpholine rings is 1. The van der Waals surface area contributed by atoms with Crippen molar-refractivity contribution in [2.75, 3.05) is 50.5 Å². The molecule has 7 heteroatoms. The normalized spacial score (nSPS) is 15.1. The first-order chi connectivity index (χ1) is 13.8. The number of benzene rings is 1. The Morgan fingerprint density at radius 1 is 1.14 bits per heavy atom. The molecule has 148 valence electrons. The molecule has 1 fully saturated rings. The maximum atomic E-state index is 5.44. The molecule has 0 aliphatic carbocycles. The van der Waals surface area contributed by atoms with Crippen molar-refractivity contribution in [3.63, 3.8) is 0 Å². The van der Waals surface area contributed by atoms with Crippen LogP contribution in [0.2, 0.25) is 0 Å². The van der Waals surface area contributed by atoms with E-state index in [0.717, 1.165) is 68.2 Å². The van der Waals surface area contributed by atoms with Crippen LogP contribution in [-0.2, 0) is 11.3 Å². The molecule has 2 aromatic heterocycles. The molecule has 1 aliphatic rings. The van der Waals surface area contributed by atoms with Gasteiger partial charge in [0, 0.05) is 56.7 Å². The first kappa shape index (κ1) is 18.7. The van der Waals surface area contributed by atoms with Gasteiger partial charge in [-0.15, -0.1) is 0 Å². The fourth-order valence-electron chi connectivity index (χ4n) is 3.48. The van der Waals surface area contributed by atoms with Gasteiger partial charge in [0.2, 0.25) is 5.95 Å². The van der Waals surface area contributed by atoms with Crippen LogP contribution in [0.3, 0.4) is 0 Å². The lowest BCUT2D eigenvalue weighted by atomic mass is 10.2. The molecule has 1 aromatic carbocycles. The summed E-state index contributed by atoms with van der Waals surface area (Å²) in [6.07, 6.45) is 5.37. The third-order valence-electron chi connectivity index (χ3n) is 5.01. The van der Waals surface area contributed by atoms with Crippen LogP contribution in [0.4, 0.5) is 11.8 Å². The topological polar surface area (TPSA) is 67.2 Å². The van der Waals surface area contributed by atoms with Crippen molar-refractivity contribution in [3.8, 4) is 5.69 Å². The number of aromatic nitrogens is 3. The van der Waals surface area contributed by atoms with E-state index in [1.165, 1.54) is 5.56 Å². The average Bonchev–Trinajstić information content (AvgIpc) is 3.20. The van der Waals surface area contributed by atoms with E-state index in [-0.39, 0.29) is 0 Å². The lowest BCUT2D eigenvalue weighted by molar-refractivity contribution is 0.0342. The molecule has 1 aliphatic heterocycles. The van der Waals surface area contributed by atoms with E-state index in [4.69, 9.17) is 4.74 Å². The Morgan fingerprint density at radius 3 is 2.79 bits per heavy atom. The zero-order valence-corrected chi connectivity index (χ0v) is 16.6. The summed E-state index contributed by atoms with van der Waals surface area (Å²) in [5.74, 6) is 1.51. The quantitative estimate of drug-likeness (QED) is 0.656. The third-order valence-corrected chi connectivity index (χ3v) is 5.01. The Hall–Kier alpha value is -2.64. The van der Waals surface area contributed by atoms with Crippen molar-refractivity contribution in [2.45, 2.75) is 19.9 Å². The molecule has 7 nitrogen and oxygen atoms in total. The molecule has 0 unspecified atom stereocenters. The number of anilines is 2. The smallest absolute Gasteiger partial charge is 0.224 e. The molecule has 28 heavy (non-hydrogen) atoms. The minimum Gasteiger partial charge on any atom is -0.379 e. The van der Waals surface area contributed by atoms with Crippen LogP contribution in [0.15, 0.2) is 36.7 Å². The van der Waals surface area contributed by atoms with Gasteiger partial charge < -0.3 is 19.9 Å². The van der Waals surface area contributed by atoms with Crippen molar-refractivity contribution in [2.24, 2.45) is 0 Å². The van der Waals surface area contributed by atoms with Gasteiger partial charge in [0.15, 0.2) is 0 Å². The molecule has 0 atom stereocenters. The van der Waals surface area contributed by atoms with Gasteiger partial charge in [-0.2, -0.15) is 4.98 Å². The monoisotopic (exact) mass is 380 g/mol. The van der Waals surface area contributed by atoms with E-state index in [2.05, 4.69) is 73.7 Å². The van der Waals surface area contributed by atoms with Crippen LogP contribution in [0.1, 0.15) is 18.9 Å². The van der Waals surface area contributed by atoms with Crippen LogP contribution >= 0.6 is 0 Å². The summed E-state index contributed by atoms with van der Waals surface area (Å²) in [4.78, 5) is 11.7. The summed E-state index contributed by atoms with van der Waals surface area (Å²) in [7, 11) is 1.85. The van der Waals surface area contributed by atoms with E-state index in [0.29, 0.717) is 5.95 Å². The minimum absolute atomic E-state index is 0.628. The average molecular weight is 380 g/mol. The number of ether oxygens (including phenoxy) is 1. The third kappa shape index (κ3) is 4.10. The summed E-state index contributed by atoms with van der Waals surface area (Å²) < 4.78 is 7.60. The molecule has 4 rings (SSSR count). The maximum absolute atomic E-state index is 5.44. The van der Waals surface area contributed by atoms with E-state index in [1.807, 2.05) is 7.05 Å². The van der Waals surface area contributed by atoms with Gasteiger partial charge in [0.05, 0.1) is 18.7 Å². The summed E-state index contributed by atoms with van der Waals surface area (Å²) in [6, 6.07) is 8.53. The Bertz CT molecular complexity index is 932. The van der Waals surface area contributed by atoms with Crippen molar-refractivity contribution in [1.29, 1.82) is 0 Å². The molecule has 0 radical (unpaired) electrons. The Morgan fingerprint density at radius 2 is 2.00 bits per heavy atom. The zero-order valence-electron chi connectivity index (χ0n) is 16.6. The molecule has 0 saturated carbocycles. The van der Waals surface area contributed by atoms with Gasteiger partial charge in [-0.05, 0) is 36.2 Å². The highest BCUT2D eigenvalue weighted by Crippen LogP contribution is 2.25. The number of hydrogen-bond acceptors (Lipinski definition) is 6. The van der Waals surface area contributed by atoms with Gasteiger partial charge >= 0.3 is 0 Å². The van der Waals surface area contributed by atoms with Crippen molar-refractivity contribution in [1.82, 2.24) is 19.4 Å². The lowest BCUT2D eigenvalue weighted by Crippen LogP contribution is -2.35. The highest BCUT2D eigenvalue weighted by atomic mass is 16.5. The molecule has 0 bridgehead atoms. The first-order valence-corrected chi connectivity index (χ1v) is 9.97. The van der Waals surface area contributed by atoms with E-state index in [1.54, 1.807) is 0 Å². The Labute approximate surface area is 165 Å². The van der Waals surface area contributed by atoms with E-state index >= 15 is 0 Å². The summed E-state index contributed by atoms with van der Waals surface area (Å²) in [5, 5.41) is 7.51. The highest BCUT2D eigenvalue weighted by Gasteiger charge is 2.12. The van der Waals surface area contributed by atoms with Crippen molar-refractivity contribution < 1.29 is 4.74 Å². The van der Waals surface area contributed by atoms with Gasteiger partial charge in [-0.1, -0.05) is 6.92 Å². The second-order valence-electron chi connectivity index (χ2n) is 7.09. The molecule has 3 heterocycles. The Kier molecular flexibility index (Phi) is 5.73. The van der Waals surface area contributed by atoms with Crippen molar-refractivity contribution in [3.05, 3.63) is 42.2 Å². The summed E-state index contributed by atoms with van der Waals surface area (Å²) >= 11 is 0. The maximum Gasteiger partial charge on any atom is 0.224 e. The van der Waals surface area contributed by atoms with Crippen LogP contribution in [0.25, 0.3) is 16.6 Å². The summed E-state index contributed by atoms with van der Waals surface area (Å²) in [6.45, 7) is 7.64. The van der Waals surface area contributed by atoms with E-state index in [9.17, 15) is 0 Å². The molecular weight excluding hydrogens is 352 g/mol. The molecule has 1 saturated heterocycles. The lowest BCUT2D eigenvalue weighted by Gasteiger charge is -2.26. The predicted molar refractivity (Wildman–Crippen MR) is 113 cm³/mol. The van der Waals surface area contributed by atoms with Crippen LogP contribution in [0, 0.1) is 0 Å². The second-order valence-corrected chi connectivity index (χ2v) is 7.09. The van der Waals surface area contributed by atoms with Gasteiger partial charge in [0.1, 0.15) is 5.82 Å². The number of fused-ring (bicyclic) bond motifs is 1. The highest BCUT2D eigenvalue weighted by molar-refractivity contribution is 5.91. The fourth-order valence-corrected chi connectivity index (χ4v) is 3.48. The molecular formula is C21H28N6O. The molecule has 0 amide bonds. The standard InChI is InChI=1S/C21H28N6O/c1-3-7-23-20-18-5-4-17(13-19(18)24-21(22-2)25-20)27-8-6-16(15-27)14-26-9-11-28-12-10-26/h4-6,8,13,15H,3,7,9-12,14H2,1-2H3,(H2,22,23,24,25). The van der Waals surface area contributed by atoms with Gasteiger partial charge in [-0.3, -0.25) is 4.90 Å². The predicted octanol–water partition coefficient (Wildman–Crippen LogP) is 3.12. The van der Waals surface area contributed by atoms with Crippen LogP contribution < -0.4 is 10.6 Å². The molecule has 0 spiro atoms. The fraction of sp³-hybridized carbons (Fsp3) is 0.429. The largest absolute Gasteiger partial charge is 0.379 e. The first-order valence-electron chi connectivity index (χ1n) is 9.97. The van der Waals surface area contributed by atoms with E-state index < -0.39 is 0 Å². The van der Waals surface area contributed by atoms with Crippen LogP contribution in [0.5, 0.6) is 0 Å².